The Hall–Kier alpha value is -2.22. The summed E-state index contributed by atoms with van der Waals surface area (Å²) in [6.07, 6.45) is 4.00. The van der Waals surface area contributed by atoms with Crippen LogP contribution in [0.2, 0.25) is 0 Å². The van der Waals surface area contributed by atoms with Gasteiger partial charge in [0.25, 0.3) is 0 Å². The largest absolute Gasteiger partial charge is 0.497 e. The van der Waals surface area contributed by atoms with Crippen molar-refractivity contribution < 1.29 is 4.74 Å². The van der Waals surface area contributed by atoms with E-state index in [1.54, 1.807) is 7.11 Å². The summed E-state index contributed by atoms with van der Waals surface area (Å²) < 4.78 is 5.18. The van der Waals surface area contributed by atoms with Gasteiger partial charge in [-0.2, -0.15) is 0 Å². The van der Waals surface area contributed by atoms with Crippen LogP contribution in [0.4, 0.5) is 5.69 Å². The van der Waals surface area contributed by atoms with Crippen LogP contribution in [0, 0.1) is 0 Å². The summed E-state index contributed by atoms with van der Waals surface area (Å²) in [5.74, 6) is 0.866. The fourth-order valence-corrected chi connectivity index (χ4v) is 2.27. The molecule has 2 heteroatoms. The molecule has 2 rings (SSSR count). The molecule has 0 aromatic heterocycles. The SMILES string of the molecule is C=C[C@@](C)(CCc1ccccc1)Nc1ccc(OC)cc1. The molecule has 0 spiro atoms. The van der Waals surface area contributed by atoms with E-state index < -0.39 is 0 Å². The van der Waals surface area contributed by atoms with E-state index in [2.05, 4.69) is 43.1 Å². The number of rotatable bonds is 7. The van der Waals surface area contributed by atoms with Gasteiger partial charge >= 0.3 is 0 Å². The van der Waals surface area contributed by atoms with Crippen LogP contribution in [0.15, 0.2) is 67.3 Å². The van der Waals surface area contributed by atoms with Gasteiger partial charge in [-0.25, -0.2) is 0 Å². The molecule has 0 saturated heterocycles. The summed E-state index contributed by atoms with van der Waals surface area (Å²) in [5, 5.41) is 3.55. The van der Waals surface area contributed by atoms with Crippen LogP contribution in [0.5, 0.6) is 5.75 Å². The average Bonchev–Trinajstić information content (AvgIpc) is 2.55. The van der Waals surface area contributed by atoms with E-state index in [4.69, 9.17) is 4.74 Å². The summed E-state index contributed by atoms with van der Waals surface area (Å²) in [6.45, 7) is 6.16. The smallest absolute Gasteiger partial charge is 0.119 e. The van der Waals surface area contributed by atoms with E-state index in [1.807, 2.05) is 36.4 Å². The van der Waals surface area contributed by atoms with Crippen LogP contribution in [0.25, 0.3) is 0 Å². The van der Waals surface area contributed by atoms with Crippen LogP contribution in [0.1, 0.15) is 18.9 Å². The molecule has 2 nitrogen and oxygen atoms in total. The average molecular weight is 281 g/mol. The molecule has 2 aromatic rings. The van der Waals surface area contributed by atoms with Gasteiger partial charge in [0.15, 0.2) is 0 Å². The highest BCUT2D eigenvalue weighted by molar-refractivity contribution is 5.49. The summed E-state index contributed by atoms with van der Waals surface area (Å²) >= 11 is 0. The van der Waals surface area contributed by atoms with Crippen LogP contribution >= 0.6 is 0 Å². The van der Waals surface area contributed by atoms with Crippen molar-refractivity contribution in [3.05, 3.63) is 72.8 Å². The minimum atomic E-state index is -0.134. The number of hydrogen-bond donors (Lipinski definition) is 1. The quantitative estimate of drug-likeness (QED) is 0.744. The minimum Gasteiger partial charge on any atom is -0.497 e. The molecule has 0 aliphatic rings. The molecular formula is C19H23NO. The molecule has 0 amide bonds. The van der Waals surface area contributed by atoms with Gasteiger partial charge in [0.2, 0.25) is 0 Å². The van der Waals surface area contributed by atoms with Gasteiger partial charge in [0, 0.05) is 5.69 Å². The topological polar surface area (TPSA) is 21.3 Å². The molecule has 0 aliphatic heterocycles. The van der Waals surface area contributed by atoms with Crippen molar-refractivity contribution >= 4 is 5.69 Å². The van der Waals surface area contributed by atoms with Crippen molar-refractivity contribution in [1.82, 2.24) is 0 Å². The molecule has 0 heterocycles. The maximum absolute atomic E-state index is 5.18. The van der Waals surface area contributed by atoms with Gasteiger partial charge < -0.3 is 10.1 Å². The van der Waals surface area contributed by atoms with E-state index in [0.29, 0.717) is 0 Å². The number of anilines is 1. The van der Waals surface area contributed by atoms with Crippen molar-refractivity contribution in [1.29, 1.82) is 0 Å². The Bertz CT molecular complexity index is 562. The number of benzene rings is 2. The Morgan fingerprint density at radius 3 is 2.33 bits per heavy atom. The Balaban J connectivity index is 2.00. The van der Waals surface area contributed by atoms with Gasteiger partial charge in [-0.15, -0.1) is 6.58 Å². The predicted molar refractivity (Wildman–Crippen MR) is 90.0 cm³/mol. The maximum Gasteiger partial charge on any atom is 0.119 e. The number of ether oxygens (including phenoxy) is 1. The summed E-state index contributed by atoms with van der Waals surface area (Å²) in [5.41, 5.74) is 2.29. The molecule has 1 N–H and O–H groups in total. The summed E-state index contributed by atoms with van der Waals surface area (Å²) in [4.78, 5) is 0. The van der Waals surface area contributed by atoms with Crippen molar-refractivity contribution in [2.45, 2.75) is 25.3 Å². The first-order valence-electron chi connectivity index (χ1n) is 7.25. The summed E-state index contributed by atoms with van der Waals surface area (Å²) in [7, 11) is 1.68. The van der Waals surface area contributed by atoms with Crippen LogP contribution < -0.4 is 10.1 Å². The third-order valence-electron chi connectivity index (χ3n) is 3.75. The fraction of sp³-hybridized carbons (Fsp3) is 0.263. The van der Waals surface area contributed by atoms with Crippen LogP contribution in [-0.2, 0) is 6.42 Å². The zero-order valence-electron chi connectivity index (χ0n) is 12.8. The molecule has 0 unspecified atom stereocenters. The molecule has 2 aromatic carbocycles. The van der Waals surface area contributed by atoms with Crippen molar-refractivity contribution in [2.75, 3.05) is 12.4 Å². The summed E-state index contributed by atoms with van der Waals surface area (Å²) in [6, 6.07) is 18.5. The van der Waals surface area contributed by atoms with Gasteiger partial charge in [-0.1, -0.05) is 36.4 Å². The zero-order chi connectivity index (χ0) is 15.1. The van der Waals surface area contributed by atoms with E-state index in [1.165, 1.54) is 5.56 Å². The lowest BCUT2D eigenvalue weighted by atomic mass is 9.93. The van der Waals surface area contributed by atoms with Gasteiger partial charge in [-0.05, 0) is 49.6 Å². The predicted octanol–water partition coefficient (Wildman–Crippen LogP) is 4.68. The second kappa shape index (κ2) is 6.98. The molecule has 21 heavy (non-hydrogen) atoms. The van der Waals surface area contributed by atoms with Crippen LogP contribution in [0.3, 0.4) is 0 Å². The second-order valence-electron chi connectivity index (χ2n) is 5.46. The lowest BCUT2D eigenvalue weighted by molar-refractivity contribution is 0.415. The monoisotopic (exact) mass is 281 g/mol. The highest BCUT2D eigenvalue weighted by Gasteiger charge is 2.19. The highest BCUT2D eigenvalue weighted by atomic mass is 16.5. The standard InChI is InChI=1S/C19H23NO/c1-4-19(2,15-14-16-8-6-5-7-9-16)20-17-10-12-18(21-3)13-11-17/h4-13,20H,1,14-15H2,2-3H3/t19-/m0/s1. The van der Waals surface area contributed by atoms with Gasteiger partial charge in [0.05, 0.1) is 12.6 Å². The number of nitrogens with one attached hydrogen (secondary N) is 1. The Morgan fingerprint density at radius 1 is 1.10 bits per heavy atom. The molecule has 0 aliphatic carbocycles. The number of hydrogen-bond acceptors (Lipinski definition) is 2. The van der Waals surface area contributed by atoms with Gasteiger partial charge in [0.1, 0.15) is 5.75 Å². The molecule has 110 valence electrons. The lowest BCUT2D eigenvalue weighted by Crippen LogP contribution is -2.32. The normalized spacial score (nSPS) is 13.2. The minimum absolute atomic E-state index is 0.134. The van der Waals surface area contributed by atoms with E-state index >= 15 is 0 Å². The Morgan fingerprint density at radius 2 is 1.76 bits per heavy atom. The third-order valence-corrected chi connectivity index (χ3v) is 3.75. The Kier molecular flexibility index (Phi) is 5.04. The van der Waals surface area contributed by atoms with Crippen LogP contribution in [-0.4, -0.2) is 12.6 Å². The molecule has 0 fully saturated rings. The number of aryl methyl sites for hydroxylation is 1. The lowest BCUT2D eigenvalue weighted by Gasteiger charge is -2.29. The fourth-order valence-electron chi connectivity index (χ4n) is 2.27. The molecule has 0 saturated carbocycles. The zero-order valence-corrected chi connectivity index (χ0v) is 12.8. The van der Waals surface area contributed by atoms with E-state index in [9.17, 15) is 0 Å². The van der Waals surface area contributed by atoms with Gasteiger partial charge in [-0.3, -0.25) is 0 Å². The van der Waals surface area contributed by atoms with E-state index in [0.717, 1.165) is 24.3 Å². The Labute approximate surface area is 127 Å². The molecule has 0 bridgehead atoms. The molecular weight excluding hydrogens is 258 g/mol. The highest BCUT2D eigenvalue weighted by Crippen LogP contribution is 2.23. The first-order valence-corrected chi connectivity index (χ1v) is 7.25. The first kappa shape index (κ1) is 15.2. The first-order chi connectivity index (χ1) is 10.1. The van der Waals surface area contributed by atoms with Crippen molar-refractivity contribution in [2.24, 2.45) is 0 Å². The number of methoxy groups -OCH3 is 1. The third kappa shape index (κ3) is 4.38. The second-order valence-corrected chi connectivity index (χ2v) is 5.46. The van der Waals surface area contributed by atoms with Crippen molar-refractivity contribution in [3.8, 4) is 5.75 Å². The van der Waals surface area contributed by atoms with E-state index in [-0.39, 0.29) is 5.54 Å². The molecule has 1 atom stereocenters. The van der Waals surface area contributed by atoms with Crippen molar-refractivity contribution in [3.63, 3.8) is 0 Å². The molecule has 0 radical (unpaired) electrons. The maximum atomic E-state index is 5.18.